The Morgan fingerprint density at radius 3 is 2.62 bits per heavy atom. The Morgan fingerprint density at radius 2 is 2.19 bits per heavy atom. The van der Waals surface area contributed by atoms with E-state index in [0.29, 0.717) is 15.6 Å². The molecule has 5 heteroatoms. The summed E-state index contributed by atoms with van der Waals surface area (Å²) in [7, 11) is 0. The summed E-state index contributed by atoms with van der Waals surface area (Å²) in [5.74, 6) is -2.60. The zero-order valence-electron chi connectivity index (χ0n) is 9.05. The monoisotopic (exact) mass is 289 g/mol. The molecular weight excluding hydrogens is 277 g/mol. The predicted molar refractivity (Wildman–Crippen MR) is 63.0 cm³/mol. The number of hydrogen-bond acceptors (Lipinski definition) is 2. The third kappa shape index (κ3) is 2.25. The van der Waals surface area contributed by atoms with Gasteiger partial charge in [0.2, 0.25) is 0 Å². The number of nitrogens with two attached hydrogens (primary N) is 1. The summed E-state index contributed by atoms with van der Waals surface area (Å²) < 4.78 is 14.6. The van der Waals surface area contributed by atoms with Gasteiger partial charge < -0.3 is 10.8 Å². The molecule has 0 aromatic heterocycles. The van der Waals surface area contributed by atoms with E-state index in [0.717, 1.165) is 0 Å². The minimum atomic E-state index is -1.11. The van der Waals surface area contributed by atoms with E-state index in [9.17, 15) is 9.18 Å². The second kappa shape index (κ2) is 4.93. The molecule has 1 aromatic rings. The van der Waals surface area contributed by atoms with Crippen LogP contribution >= 0.6 is 15.9 Å². The Balaban J connectivity index is 3.47. The molecule has 0 aliphatic rings. The van der Waals surface area contributed by atoms with Crippen LogP contribution in [0.5, 0.6) is 0 Å². The van der Waals surface area contributed by atoms with E-state index in [2.05, 4.69) is 15.9 Å². The Bertz CT molecular complexity index is 408. The lowest BCUT2D eigenvalue weighted by Crippen LogP contribution is -2.23. The van der Waals surface area contributed by atoms with E-state index in [1.165, 1.54) is 0 Å². The summed E-state index contributed by atoms with van der Waals surface area (Å²) in [5.41, 5.74) is 6.54. The maximum absolute atomic E-state index is 13.9. The van der Waals surface area contributed by atoms with Crippen LogP contribution in [0, 0.1) is 19.7 Å². The summed E-state index contributed by atoms with van der Waals surface area (Å²) in [6, 6.07) is 1.63. The molecule has 1 unspecified atom stereocenters. The van der Waals surface area contributed by atoms with E-state index in [1.54, 1.807) is 19.9 Å². The third-order valence-corrected chi connectivity index (χ3v) is 3.39. The van der Waals surface area contributed by atoms with Gasteiger partial charge in [-0.2, -0.15) is 0 Å². The minimum absolute atomic E-state index is 0.122. The molecule has 0 bridgehead atoms. The molecule has 3 nitrogen and oxygen atoms in total. The van der Waals surface area contributed by atoms with Gasteiger partial charge in [-0.3, -0.25) is 4.79 Å². The summed E-state index contributed by atoms with van der Waals surface area (Å²) in [4.78, 5) is 11.0. The normalized spacial score (nSPS) is 12.6. The van der Waals surface area contributed by atoms with Gasteiger partial charge in [-0.05, 0) is 31.0 Å². The predicted octanol–water partition coefficient (Wildman–Crippen LogP) is 2.33. The molecule has 0 aliphatic carbocycles. The smallest absolute Gasteiger partial charge is 0.312 e. The van der Waals surface area contributed by atoms with Crippen LogP contribution in [0.4, 0.5) is 4.39 Å². The van der Waals surface area contributed by atoms with Crippen molar-refractivity contribution < 1.29 is 14.3 Å². The summed E-state index contributed by atoms with van der Waals surface area (Å²) >= 11 is 3.28. The highest BCUT2D eigenvalue weighted by Gasteiger charge is 2.25. The molecular formula is C11H13BrFNO2. The summed E-state index contributed by atoms with van der Waals surface area (Å²) in [6.45, 7) is 3.15. The number of carboxylic acid groups (broad SMARTS) is 1. The van der Waals surface area contributed by atoms with Crippen LogP contribution in [0.25, 0.3) is 0 Å². The molecule has 0 amide bonds. The lowest BCUT2D eigenvalue weighted by atomic mass is 9.92. The largest absolute Gasteiger partial charge is 0.481 e. The quantitative estimate of drug-likeness (QED) is 0.898. The van der Waals surface area contributed by atoms with Crippen LogP contribution in [0.1, 0.15) is 22.6 Å². The Hall–Kier alpha value is -0.940. The van der Waals surface area contributed by atoms with E-state index in [-0.39, 0.29) is 12.1 Å². The average Bonchev–Trinajstić information content (AvgIpc) is 2.21. The second-order valence-electron chi connectivity index (χ2n) is 3.65. The van der Waals surface area contributed by atoms with Gasteiger partial charge in [0, 0.05) is 16.6 Å². The number of aryl methyl sites for hydroxylation is 1. The third-order valence-electron chi connectivity index (χ3n) is 2.57. The number of benzene rings is 1. The molecule has 88 valence electrons. The number of carbonyl (C=O) groups is 1. The fourth-order valence-corrected chi connectivity index (χ4v) is 2.18. The van der Waals surface area contributed by atoms with Gasteiger partial charge in [0.05, 0.1) is 5.92 Å². The lowest BCUT2D eigenvalue weighted by molar-refractivity contribution is -0.138. The Morgan fingerprint density at radius 1 is 1.62 bits per heavy atom. The minimum Gasteiger partial charge on any atom is -0.481 e. The van der Waals surface area contributed by atoms with Gasteiger partial charge in [0.15, 0.2) is 0 Å². The van der Waals surface area contributed by atoms with Crippen LogP contribution in [0.15, 0.2) is 10.5 Å². The van der Waals surface area contributed by atoms with Crippen molar-refractivity contribution in [2.45, 2.75) is 19.8 Å². The molecule has 1 atom stereocenters. The molecule has 3 N–H and O–H groups in total. The molecule has 0 fully saturated rings. The van der Waals surface area contributed by atoms with Crippen LogP contribution < -0.4 is 5.73 Å². The van der Waals surface area contributed by atoms with Crippen molar-refractivity contribution in [2.75, 3.05) is 6.54 Å². The summed E-state index contributed by atoms with van der Waals surface area (Å²) in [5, 5.41) is 9.00. The van der Waals surface area contributed by atoms with Crippen molar-refractivity contribution in [2.24, 2.45) is 5.73 Å². The van der Waals surface area contributed by atoms with Gasteiger partial charge in [-0.25, -0.2) is 4.39 Å². The van der Waals surface area contributed by atoms with Crippen LogP contribution in [0.3, 0.4) is 0 Å². The van der Waals surface area contributed by atoms with Crippen molar-refractivity contribution in [3.8, 4) is 0 Å². The first-order valence-electron chi connectivity index (χ1n) is 4.78. The molecule has 16 heavy (non-hydrogen) atoms. The van der Waals surface area contributed by atoms with Gasteiger partial charge in [-0.1, -0.05) is 15.9 Å². The maximum Gasteiger partial charge on any atom is 0.312 e. The molecule has 0 saturated carbocycles. The SMILES string of the molecule is Cc1cc(Br)c(C)c(C(CN)C(=O)O)c1F. The fraction of sp³-hybridized carbons (Fsp3) is 0.364. The van der Waals surface area contributed by atoms with E-state index in [4.69, 9.17) is 10.8 Å². The highest BCUT2D eigenvalue weighted by molar-refractivity contribution is 9.10. The number of rotatable bonds is 3. The first kappa shape index (κ1) is 13.1. The van der Waals surface area contributed by atoms with E-state index >= 15 is 0 Å². The average molecular weight is 290 g/mol. The molecule has 0 heterocycles. The van der Waals surface area contributed by atoms with Gasteiger partial charge in [0.1, 0.15) is 5.82 Å². The molecule has 0 aliphatic heterocycles. The summed E-state index contributed by atoms with van der Waals surface area (Å²) in [6.07, 6.45) is 0. The highest BCUT2D eigenvalue weighted by atomic mass is 79.9. The number of halogens is 2. The van der Waals surface area contributed by atoms with Crippen LogP contribution in [-0.4, -0.2) is 17.6 Å². The maximum atomic E-state index is 13.9. The fourth-order valence-electron chi connectivity index (χ4n) is 1.62. The zero-order chi connectivity index (χ0) is 12.5. The Labute approximate surface area is 102 Å². The van der Waals surface area contributed by atoms with Gasteiger partial charge >= 0.3 is 5.97 Å². The lowest BCUT2D eigenvalue weighted by Gasteiger charge is -2.17. The molecule has 1 aromatic carbocycles. The van der Waals surface area contributed by atoms with Crippen LogP contribution in [0.2, 0.25) is 0 Å². The first-order valence-corrected chi connectivity index (χ1v) is 5.57. The number of hydrogen-bond donors (Lipinski definition) is 2. The van der Waals surface area contributed by atoms with Crippen molar-refractivity contribution in [3.05, 3.63) is 33.0 Å². The molecule has 0 spiro atoms. The topological polar surface area (TPSA) is 63.3 Å². The van der Waals surface area contributed by atoms with Crippen LogP contribution in [-0.2, 0) is 4.79 Å². The number of aliphatic carboxylic acids is 1. The van der Waals surface area contributed by atoms with Crippen molar-refractivity contribution >= 4 is 21.9 Å². The molecule has 0 saturated heterocycles. The van der Waals surface area contributed by atoms with E-state index < -0.39 is 17.7 Å². The second-order valence-corrected chi connectivity index (χ2v) is 4.51. The first-order chi connectivity index (χ1) is 7.40. The van der Waals surface area contributed by atoms with Gasteiger partial charge in [-0.15, -0.1) is 0 Å². The number of carboxylic acids is 1. The van der Waals surface area contributed by atoms with Crippen molar-refractivity contribution in [3.63, 3.8) is 0 Å². The Kier molecular flexibility index (Phi) is 4.04. The van der Waals surface area contributed by atoms with Gasteiger partial charge in [0.25, 0.3) is 0 Å². The zero-order valence-corrected chi connectivity index (χ0v) is 10.6. The standard InChI is InChI=1S/C11H13BrFNO2/c1-5-3-8(12)6(2)9(10(5)13)7(4-14)11(15)16/h3,7H,4,14H2,1-2H3,(H,15,16). The highest BCUT2D eigenvalue weighted by Crippen LogP contribution is 2.30. The van der Waals surface area contributed by atoms with E-state index in [1.807, 2.05) is 0 Å². The molecule has 1 rings (SSSR count). The molecule has 0 radical (unpaired) electrons. The van der Waals surface area contributed by atoms with Crippen molar-refractivity contribution in [1.82, 2.24) is 0 Å². The van der Waals surface area contributed by atoms with Crippen molar-refractivity contribution in [1.29, 1.82) is 0 Å².